The lowest BCUT2D eigenvalue weighted by Crippen LogP contribution is -2.35. The number of H-pyrrole nitrogens is 1. The predicted octanol–water partition coefficient (Wildman–Crippen LogP) is 5.77. The minimum atomic E-state index is -0.245. The first-order valence-corrected chi connectivity index (χ1v) is 15.5. The number of piperidine rings is 1. The molecule has 0 bridgehead atoms. The molecule has 1 saturated heterocycles. The molecule has 6 rings (SSSR count). The van der Waals surface area contributed by atoms with Crippen LogP contribution in [0.3, 0.4) is 0 Å². The number of nitrogens with zero attached hydrogens (tertiary/aromatic N) is 3. The molecule has 3 aromatic heterocycles. The summed E-state index contributed by atoms with van der Waals surface area (Å²) in [5.74, 6) is 2.21. The first kappa shape index (κ1) is 29.0. The molecule has 1 unspecified atom stereocenters. The highest BCUT2D eigenvalue weighted by Crippen LogP contribution is 2.58. The Morgan fingerprint density at radius 3 is 2.79 bits per heavy atom. The molecular formula is C33H40N6O4. The van der Waals surface area contributed by atoms with Crippen molar-refractivity contribution < 1.29 is 18.7 Å². The molecule has 0 radical (unpaired) electrons. The fourth-order valence-corrected chi connectivity index (χ4v) is 6.42. The summed E-state index contributed by atoms with van der Waals surface area (Å²) in [6.07, 6.45) is 12.7. The number of fused-ring (bicyclic) bond motifs is 1. The van der Waals surface area contributed by atoms with Crippen LogP contribution in [0.5, 0.6) is 5.88 Å². The smallest absolute Gasteiger partial charge is 0.225 e. The molecule has 2 atom stereocenters. The number of rotatable bonds is 13. The van der Waals surface area contributed by atoms with Crippen molar-refractivity contribution in [2.75, 3.05) is 20.2 Å². The van der Waals surface area contributed by atoms with Gasteiger partial charge in [0.15, 0.2) is 0 Å². The highest BCUT2D eigenvalue weighted by atomic mass is 16.5. The van der Waals surface area contributed by atoms with Gasteiger partial charge in [-0.05, 0) is 68.8 Å². The zero-order chi connectivity index (χ0) is 29.8. The third kappa shape index (κ3) is 6.34. The van der Waals surface area contributed by atoms with Crippen molar-refractivity contribution >= 4 is 22.6 Å². The van der Waals surface area contributed by atoms with Gasteiger partial charge in [-0.15, -0.1) is 0 Å². The van der Waals surface area contributed by atoms with Crippen LogP contribution in [0.2, 0.25) is 0 Å². The van der Waals surface area contributed by atoms with Gasteiger partial charge in [0.25, 0.3) is 0 Å². The number of Topliss-reactive ketones (excluding diaryl/α,β-unsaturated/α-hetero) is 1. The molecule has 2 fully saturated rings. The van der Waals surface area contributed by atoms with Crippen LogP contribution in [0.15, 0.2) is 47.3 Å². The molecule has 2 aliphatic rings. The van der Waals surface area contributed by atoms with E-state index in [1.54, 1.807) is 25.8 Å². The lowest BCUT2D eigenvalue weighted by atomic mass is 9.91. The molecule has 1 aliphatic heterocycles. The van der Waals surface area contributed by atoms with Crippen LogP contribution < -0.4 is 15.4 Å². The average Bonchev–Trinajstić information content (AvgIpc) is 3.41. The normalized spacial score (nSPS) is 18.0. The maximum atomic E-state index is 13.5. The van der Waals surface area contributed by atoms with E-state index in [0.717, 1.165) is 91.6 Å². The number of hydrogen-bond donors (Lipinski definition) is 3. The topological polar surface area (TPSA) is 135 Å². The van der Waals surface area contributed by atoms with Crippen molar-refractivity contribution in [1.29, 1.82) is 0 Å². The molecule has 4 heterocycles. The number of carbonyl (C=O) groups is 2. The Balaban J connectivity index is 1.21. The number of imidazole rings is 1. The fraction of sp³-hybridized carbons (Fsp3) is 0.485. The monoisotopic (exact) mass is 584 g/mol. The Morgan fingerprint density at radius 2 is 2.02 bits per heavy atom. The summed E-state index contributed by atoms with van der Waals surface area (Å²) in [5, 5.41) is 7.69. The van der Waals surface area contributed by atoms with E-state index in [1.165, 1.54) is 0 Å². The SMILES string of the molecule is CCC(=O)CCCCCC(NC(=O)[C@H]1CC12CCNCC2)c1ncc(-c2cc3ccc(-c4ncco4)cc3nc2OC)[nH]1. The molecular weight excluding hydrogens is 544 g/mol. The van der Waals surface area contributed by atoms with Crippen LogP contribution in [0.25, 0.3) is 33.6 Å². The number of oxazole rings is 1. The third-order valence-electron chi connectivity index (χ3n) is 9.14. The first-order valence-electron chi connectivity index (χ1n) is 15.5. The average molecular weight is 585 g/mol. The fourth-order valence-electron chi connectivity index (χ4n) is 6.42. The number of ether oxygens (including phenoxy) is 1. The summed E-state index contributed by atoms with van der Waals surface area (Å²) in [5.41, 5.74) is 3.32. The van der Waals surface area contributed by atoms with E-state index >= 15 is 0 Å². The van der Waals surface area contributed by atoms with Crippen molar-refractivity contribution in [2.24, 2.45) is 11.3 Å². The van der Waals surface area contributed by atoms with Gasteiger partial charge >= 0.3 is 0 Å². The van der Waals surface area contributed by atoms with Gasteiger partial charge in [0.05, 0.1) is 42.3 Å². The zero-order valence-electron chi connectivity index (χ0n) is 24.9. The van der Waals surface area contributed by atoms with E-state index in [-0.39, 0.29) is 23.3 Å². The maximum absolute atomic E-state index is 13.5. The number of pyridine rings is 1. The van der Waals surface area contributed by atoms with E-state index in [9.17, 15) is 9.59 Å². The van der Waals surface area contributed by atoms with Gasteiger partial charge in [0, 0.05) is 29.7 Å². The third-order valence-corrected chi connectivity index (χ3v) is 9.14. The molecule has 1 spiro atoms. The largest absolute Gasteiger partial charge is 0.480 e. The van der Waals surface area contributed by atoms with Gasteiger partial charge in [-0.3, -0.25) is 9.59 Å². The minimum absolute atomic E-state index is 0.0692. The number of carbonyl (C=O) groups excluding carboxylic acids is 2. The number of ketones is 1. The van der Waals surface area contributed by atoms with Gasteiger partial charge in [-0.1, -0.05) is 25.8 Å². The van der Waals surface area contributed by atoms with E-state index in [0.29, 0.717) is 30.4 Å². The van der Waals surface area contributed by atoms with Crippen molar-refractivity contribution in [3.05, 3.63) is 48.7 Å². The molecule has 1 amide bonds. The summed E-state index contributed by atoms with van der Waals surface area (Å²) in [6.45, 7) is 3.87. The summed E-state index contributed by atoms with van der Waals surface area (Å²) in [6, 6.07) is 7.66. The molecule has 1 aromatic carbocycles. The Morgan fingerprint density at radius 1 is 1.16 bits per heavy atom. The lowest BCUT2D eigenvalue weighted by Gasteiger charge is -2.24. The van der Waals surface area contributed by atoms with E-state index < -0.39 is 0 Å². The number of benzene rings is 1. The molecule has 43 heavy (non-hydrogen) atoms. The van der Waals surface area contributed by atoms with E-state index in [1.807, 2.05) is 31.2 Å². The first-order chi connectivity index (χ1) is 21.0. The highest BCUT2D eigenvalue weighted by Gasteiger charge is 2.57. The number of hydrogen-bond acceptors (Lipinski definition) is 8. The van der Waals surface area contributed by atoms with Crippen LogP contribution in [0.4, 0.5) is 0 Å². The number of nitrogens with one attached hydrogen (secondary N) is 3. The van der Waals surface area contributed by atoms with Crippen molar-refractivity contribution in [3.63, 3.8) is 0 Å². The van der Waals surface area contributed by atoms with Gasteiger partial charge in [0.2, 0.25) is 17.7 Å². The number of aromatic nitrogens is 4. The van der Waals surface area contributed by atoms with Crippen LogP contribution >= 0.6 is 0 Å². The molecule has 4 aromatic rings. The van der Waals surface area contributed by atoms with E-state index in [2.05, 4.69) is 20.6 Å². The second-order valence-electron chi connectivity index (χ2n) is 11.9. The summed E-state index contributed by atoms with van der Waals surface area (Å²) >= 11 is 0. The molecule has 1 aliphatic carbocycles. The molecule has 3 N–H and O–H groups in total. The second kappa shape index (κ2) is 12.7. The van der Waals surface area contributed by atoms with Crippen LogP contribution in [-0.2, 0) is 9.59 Å². The molecule has 1 saturated carbocycles. The number of amides is 1. The summed E-state index contributed by atoms with van der Waals surface area (Å²) < 4.78 is 11.1. The predicted molar refractivity (Wildman–Crippen MR) is 163 cm³/mol. The van der Waals surface area contributed by atoms with Gasteiger partial charge in [0.1, 0.15) is 17.9 Å². The Hall–Kier alpha value is -4.05. The van der Waals surface area contributed by atoms with Gasteiger partial charge in [-0.25, -0.2) is 15.0 Å². The highest BCUT2D eigenvalue weighted by molar-refractivity contribution is 5.88. The van der Waals surface area contributed by atoms with Crippen molar-refractivity contribution in [3.8, 4) is 28.6 Å². The Labute approximate surface area is 251 Å². The summed E-state index contributed by atoms with van der Waals surface area (Å²) in [7, 11) is 1.60. The van der Waals surface area contributed by atoms with Crippen LogP contribution in [0, 0.1) is 11.3 Å². The standard InChI is InChI=1S/C33H40N6O4/c1-3-23(40)7-5-4-6-8-26(38-30(41)25-19-33(25)11-13-34-14-12-33)29-36-20-28(37-29)24-17-21-9-10-22(31-35-15-16-43-31)18-27(21)39-32(24)42-2/h9-10,15-18,20,25-26,34H,3-8,11-14,19H2,1-2H3,(H,36,37)(H,38,41)/t25-,26?/m1/s1. The van der Waals surface area contributed by atoms with E-state index in [4.69, 9.17) is 19.1 Å². The number of unbranched alkanes of at least 4 members (excludes halogenated alkanes) is 2. The quantitative estimate of drug-likeness (QED) is 0.169. The molecule has 226 valence electrons. The van der Waals surface area contributed by atoms with Crippen LogP contribution in [-0.4, -0.2) is 51.8 Å². The Bertz CT molecular complexity index is 1570. The number of methoxy groups -OCH3 is 1. The maximum Gasteiger partial charge on any atom is 0.225 e. The second-order valence-corrected chi connectivity index (χ2v) is 11.9. The van der Waals surface area contributed by atoms with Gasteiger partial charge < -0.3 is 24.8 Å². The molecule has 10 heteroatoms. The lowest BCUT2D eigenvalue weighted by molar-refractivity contribution is -0.124. The number of aromatic amines is 1. The van der Waals surface area contributed by atoms with Gasteiger partial charge in [-0.2, -0.15) is 0 Å². The Kier molecular flexibility index (Phi) is 8.56. The van der Waals surface area contributed by atoms with Crippen molar-refractivity contribution in [2.45, 2.75) is 70.8 Å². The van der Waals surface area contributed by atoms with Crippen molar-refractivity contribution in [1.82, 2.24) is 30.6 Å². The minimum Gasteiger partial charge on any atom is -0.480 e. The van der Waals surface area contributed by atoms with Crippen LogP contribution in [0.1, 0.15) is 76.6 Å². The summed E-state index contributed by atoms with van der Waals surface area (Å²) in [4.78, 5) is 42.4. The zero-order valence-corrected chi connectivity index (χ0v) is 24.9. The molecule has 10 nitrogen and oxygen atoms in total.